The normalized spacial score (nSPS) is 15.2. The fraction of sp³-hybridized carbons (Fsp3) is 0.571. The number of phenols is 1. The minimum Gasteiger partial charge on any atom is -0.508 e. The molecule has 0 bridgehead atoms. The van der Waals surface area contributed by atoms with Crippen molar-refractivity contribution in [3.05, 3.63) is 29.8 Å². The fourth-order valence-electron chi connectivity index (χ4n) is 3.78. The summed E-state index contributed by atoms with van der Waals surface area (Å²) >= 11 is 0. The van der Waals surface area contributed by atoms with Crippen LogP contribution in [-0.4, -0.2) is 94.2 Å². The molecule has 1 rings (SSSR count). The van der Waals surface area contributed by atoms with Gasteiger partial charge >= 0.3 is 5.97 Å². The van der Waals surface area contributed by atoms with E-state index in [0.29, 0.717) is 12.0 Å². The van der Waals surface area contributed by atoms with Gasteiger partial charge in [0.25, 0.3) is 0 Å². The zero-order chi connectivity index (χ0) is 32.9. The van der Waals surface area contributed by atoms with Gasteiger partial charge in [-0.3, -0.25) is 24.0 Å². The van der Waals surface area contributed by atoms with Crippen molar-refractivity contribution in [2.75, 3.05) is 13.1 Å². The molecule has 0 heterocycles. The van der Waals surface area contributed by atoms with E-state index in [1.165, 1.54) is 31.2 Å². The number of hydrogen-bond acceptors (Lipinski definition) is 9. The number of phenolic OH excluding ortho intramolecular Hbond substituents is 1. The average Bonchev–Trinajstić information content (AvgIpc) is 2.95. The number of amides is 5. The third kappa shape index (κ3) is 12.7. The summed E-state index contributed by atoms with van der Waals surface area (Å²) in [6, 6.07) is 1.04. The Labute approximate surface area is 250 Å². The van der Waals surface area contributed by atoms with E-state index >= 15 is 0 Å². The quantitative estimate of drug-likeness (QED) is 0.0951. The number of carbonyl (C=O) groups is 6. The molecule has 0 fully saturated rings. The highest BCUT2D eigenvalue weighted by Gasteiger charge is 2.30. The van der Waals surface area contributed by atoms with E-state index in [0.717, 1.165) is 0 Å². The van der Waals surface area contributed by atoms with E-state index < -0.39 is 78.9 Å². The Morgan fingerprint density at radius 3 is 1.86 bits per heavy atom. The van der Waals surface area contributed by atoms with Crippen LogP contribution >= 0.6 is 0 Å². The van der Waals surface area contributed by atoms with Gasteiger partial charge < -0.3 is 47.6 Å². The molecule has 0 aromatic heterocycles. The van der Waals surface area contributed by atoms with Crippen LogP contribution in [0.4, 0.5) is 0 Å². The number of aliphatic hydroxyl groups is 1. The van der Waals surface area contributed by atoms with E-state index in [4.69, 9.17) is 5.73 Å². The van der Waals surface area contributed by atoms with Crippen LogP contribution in [-0.2, 0) is 35.2 Å². The largest absolute Gasteiger partial charge is 0.508 e. The van der Waals surface area contributed by atoms with Crippen molar-refractivity contribution >= 4 is 35.5 Å². The highest BCUT2D eigenvalue weighted by Crippen LogP contribution is 2.12. The number of carboxylic acids is 1. The molecule has 0 radical (unpaired) electrons. The fourth-order valence-corrected chi connectivity index (χ4v) is 3.78. The summed E-state index contributed by atoms with van der Waals surface area (Å²) in [5, 5.41) is 40.4. The summed E-state index contributed by atoms with van der Waals surface area (Å²) in [7, 11) is 0. The van der Waals surface area contributed by atoms with Gasteiger partial charge in [-0.15, -0.1) is 0 Å². The van der Waals surface area contributed by atoms with Crippen LogP contribution in [0.1, 0.15) is 46.6 Å². The van der Waals surface area contributed by atoms with Crippen LogP contribution in [0.2, 0.25) is 0 Å². The number of aromatic hydroxyl groups is 1. The molecule has 1 aromatic carbocycles. The van der Waals surface area contributed by atoms with E-state index in [1.807, 2.05) is 13.8 Å². The number of carboxylic acid groups (broad SMARTS) is 1. The zero-order valence-electron chi connectivity index (χ0n) is 25.0. The smallest absolute Gasteiger partial charge is 0.328 e. The number of aliphatic hydroxyl groups excluding tert-OH is 1. The summed E-state index contributed by atoms with van der Waals surface area (Å²) < 4.78 is 0. The summed E-state index contributed by atoms with van der Waals surface area (Å²) in [5.41, 5.74) is 6.46. The highest BCUT2D eigenvalue weighted by molar-refractivity contribution is 5.94. The Bertz CT molecular complexity index is 1130. The summed E-state index contributed by atoms with van der Waals surface area (Å²) in [5.74, 6) is -5.45. The number of rotatable bonds is 17. The zero-order valence-corrected chi connectivity index (χ0v) is 25.0. The Hall–Kier alpha value is -4.24. The van der Waals surface area contributed by atoms with E-state index in [9.17, 15) is 44.1 Å². The third-order valence-electron chi connectivity index (χ3n) is 6.75. The van der Waals surface area contributed by atoms with Crippen molar-refractivity contribution in [2.24, 2.45) is 17.6 Å². The molecular formula is C28H44N6O9. The molecule has 6 unspecified atom stereocenters. The molecule has 0 aliphatic rings. The summed E-state index contributed by atoms with van der Waals surface area (Å²) in [6.07, 6.45) is -0.855. The molecule has 15 heteroatoms. The van der Waals surface area contributed by atoms with Crippen molar-refractivity contribution < 1.29 is 44.1 Å². The predicted molar refractivity (Wildman–Crippen MR) is 155 cm³/mol. The monoisotopic (exact) mass is 608 g/mol. The van der Waals surface area contributed by atoms with Gasteiger partial charge in [0.05, 0.1) is 25.2 Å². The molecule has 240 valence electrons. The number of benzene rings is 1. The molecule has 0 spiro atoms. The Morgan fingerprint density at radius 2 is 1.35 bits per heavy atom. The number of aliphatic carboxylic acids is 1. The number of carbonyl (C=O) groups excluding carboxylic acids is 5. The van der Waals surface area contributed by atoms with Crippen molar-refractivity contribution in [3.63, 3.8) is 0 Å². The molecule has 1 aromatic rings. The average molecular weight is 609 g/mol. The molecular weight excluding hydrogens is 564 g/mol. The van der Waals surface area contributed by atoms with Gasteiger partial charge in [-0.2, -0.15) is 0 Å². The van der Waals surface area contributed by atoms with Gasteiger partial charge in [-0.25, -0.2) is 4.79 Å². The second kappa shape index (κ2) is 17.7. The second-order valence-electron chi connectivity index (χ2n) is 10.7. The van der Waals surface area contributed by atoms with Crippen molar-refractivity contribution in [2.45, 2.75) is 77.7 Å². The number of nitrogens with one attached hydrogen (secondary N) is 5. The molecule has 0 saturated carbocycles. The topological polar surface area (TPSA) is 249 Å². The van der Waals surface area contributed by atoms with Crippen LogP contribution in [0.3, 0.4) is 0 Å². The van der Waals surface area contributed by atoms with E-state index in [2.05, 4.69) is 26.6 Å². The lowest BCUT2D eigenvalue weighted by Gasteiger charge is -2.25. The molecule has 43 heavy (non-hydrogen) atoms. The van der Waals surface area contributed by atoms with Crippen molar-refractivity contribution in [1.29, 1.82) is 0 Å². The van der Waals surface area contributed by atoms with Gasteiger partial charge in [0, 0.05) is 6.42 Å². The van der Waals surface area contributed by atoms with Crippen LogP contribution in [0, 0.1) is 11.8 Å². The Balaban J connectivity index is 2.78. The van der Waals surface area contributed by atoms with Crippen LogP contribution in [0.15, 0.2) is 24.3 Å². The number of hydrogen-bond donors (Lipinski definition) is 9. The van der Waals surface area contributed by atoms with Crippen molar-refractivity contribution in [3.8, 4) is 5.75 Å². The first kappa shape index (κ1) is 36.8. The lowest BCUT2D eigenvalue weighted by Crippen LogP contribution is -2.57. The molecule has 15 nitrogen and oxygen atoms in total. The second-order valence-corrected chi connectivity index (χ2v) is 10.7. The third-order valence-corrected chi connectivity index (χ3v) is 6.75. The van der Waals surface area contributed by atoms with Gasteiger partial charge in [0.2, 0.25) is 29.5 Å². The maximum Gasteiger partial charge on any atom is 0.328 e. The predicted octanol–water partition coefficient (Wildman–Crippen LogP) is -1.88. The lowest BCUT2D eigenvalue weighted by atomic mass is 9.97. The Morgan fingerprint density at radius 1 is 0.791 bits per heavy atom. The van der Waals surface area contributed by atoms with Gasteiger partial charge in [0.15, 0.2) is 6.04 Å². The van der Waals surface area contributed by atoms with E-state index in [1.54, 1.807) is 13.8 Å². The molecule has 6 atom stereocenters. The molecule has 0 aliphatic heterocycles. The molecule has 0 saturated heterocycles. The highest BCUT2D eigenvalue weighted by atomic mass is 16.4. The Kier molecular flexibility index (Phi) is 15.1. The molecule has 10 N–H and O–H groups in total. The summed E-state index contributed by atoms with van der Waals surface area (Å²) in [6.45, 7) is 7.23. The van der Waals surface area contributed by atoms with Crippen LogP contribution in [0.5, 0.6) is 5.75 Å². The van der Waals surface area contributed by atoms with Crippen molar-refractivity contribution in [1.82, 2.24) is 26.6 Å². The maximum atomic E-state index is 12.9. The first-order chi connectivity index (χ1) is 20.1. The van der Waals surface area contributed by atoms with Gasteiger partial charge in [0.1, 0.15) is 17.8 Å². The molecule has 0 aliphatic carbocycles. The summed E-state index contributed by atoms with van der Waals surface area (Å²) in [4.78, 5) is 74.3. The van der Waals surface area contributed by atoms with E-state index in [-0.39, 0.29) is 24.0 Å². The minimum absolute atomic E-state index is 0.0274. The van der Waals surface area contributed by atoms with Crippen LogP contribution in [0.25, 0.3) is 0 Å². The maximum absolute atomic E-state index is 12.9. The number of nitrogens with two attached hydrogens (primary N) is 1. The standard InChI is InChI=1S/C28H44N6O9/c1-6-15(4)22(29)26(40)33-23(14(2)3)27(41)31-12-20(37)30-13-21(38)32-19(11-17-7-9-18(36)10-8-17)25(39)34-24(16(5)35)28(42)43/h7-10,14-16,19,22-24,35-36H,6,11-13,29H2,1-5H3,(H,30,37)(H,31,41)(H,32,38)(H,33,40)(H,34,39)(H,42,43). The van der Waals surface area contributed by atoms with Crippen LogP contribution < -0.4 is 32.3 Å². The molecule has 5 amide bonds. The first-order valence-corrected chi connectivity index (χ1v) is 14.0. The lowest BCUT2D eigenvalue weighted by molar-refractivity contribution is -0.145. The minimum atomic E-state index is -1.64. The van der Waals surface area contributed by atoms with Gasteiger partial charge in [-0.1, -0.05) is 46.2 Å². The first-order valence-electron chi connectivity index (χ1n) is 14.0. The SMILES string of the molecule is CCC(C)C(N)C(=O)NC(C(=O)NCC(=O)NCC(=O)NC(Cc1ccc(O)cc1)C(=O)NC(C(=O)O)C(C)O)C(C)C. The van der Waals surface area contributed by atoms with Gasteiger partial charge in [-0.05, 0) is 36.5 Å².